The van der Waals surface area contributed by atoms with E-state index in [1.807, 2.05) is 25.1 Å². The lowest BCUT2D eigenvalue weighted by Gasteiger charge is -2.14. The van der Waals surface area contributed by atoms with Gasteiger partial charge in [-0.3, -0.25) is 0 Å². The lowest BCUT2D eigenvalue weighted by Crippen LogP contribution is -1.97. The largest absolute Gasteiger partial charge is 0.508 e. The Balaban J connectivity index is 2.71. The zero-order chi connectivity index (χ0) is 14.7. The van der Waals surface area contributed by atoms with Crippen molar-refractivity contribution in [1.29, 1.82) is 0 Å². The molecule has 0 atom stereocenters. The van der Waals surface area contributed by atoms with Crippen molar-refractivity contribution in [1.82, 2.24) is 0 Å². The van der Waals surface area contributed by atoms with E-state index in [2.05, 4.69) is 6.92 Å². The summed E-state index contributed by atoms with van der Waals surface area (Å²) in [4.78, 5) is 10.9. The Bertz CT molecular complexity index is 684. The number of phenols is 1. The van der Waals surface area contributed by atoms with E-state index in [-0.39, 0.29) is 5.75 Å². The van der Waals surface area contributed by atoms with Crippen molar-refractivity contribution in [2.24, 2.45) is 0 Å². The molecule has 0 fully saturated rings. The first kappa shape index (κ1) is 14.1. The summed E-state index contributed by atoms with van der Waals surface area (Å²) in [6.45, 7) is 4.01. The predicted octanol–water partition coefficient (Wildman–Crippen LogP) is 3.99. The zero-order valence-electron chi connectivity index (χ0n) is 11.7. The maximum Gasteiger partial charge on any atom is 0.328 e. The summed E-state index contributed by atoms with van der Waals surface area (Å²) in [7, 11) is 0. The first-order valence-electron chi connectivity index (χ1n) is 6.75. The van der Waals surface area contributed by atoms with Crippen LogP contribution >= 0.6 is 0 Å². The van der Waals surface area contributed by atoms with E-state index in [0.29, 0.717) is 6.42 Å². The van der Waals surface area contributed by atoms with Crippen molar-refractivity contribution >= 4 is 22.3 Å². The summed E-state index contributed by atoms with van der Waals surface area (Å²) in [6.07, 6.45) is 2.76. The molecule has 0 heterocycles. The van der Waals surface area contributed by atoms with Gasteiger partial charge < -0.3 is 10.2 Å². The number of phenolic OH excluding ortho intramolecular Hbond substituents is 1. The van der Waals surface area contributed by atoms with Crippen LogP contribution < -0.4 is 0 Å². The van der Waals surface area contributed by atoms with Gasteiger partial charge in [0.2, 0.25) is 0 Å². The number of aliphatic carboxylic acids is 1. The van der Waals surface area contributed by atoms with Crippen LogP contribution in [0.15, 0.2) is 36.4 Å². The lowest BCUT2D eigenvalue weighted by molar-refractivity contribution is -0.131. The van der Waals surface area contributed by atoms with Gasteiger partial charge >= 0.3 is 5.97 Å². The summed E-state index contributed by atoms with van der Waals surface area (Å²) in [5.41, 5.74) is 2.93. The van der Waals surface area contributed by atoms with Gasteiger partial charge in [0.1, 0.15) is 5.75 Å². The van der Waals surface area contributed by atoms with Gasteiger partial charge in [-0.2, -0.15) is 0 Å². The Hall–Kier alpha value is -2.29. The molecule has 0 aliphatic rings. The number of benzene rings is 2. The molecular weight excluding hydrogens is 252 g/mol. The number of carboxylic acids is 1. The first-order chi connectivity index (χ1) is 9.56. The van der Waals surface area contributed by atoms with Gasteiger partial charge in [-0.1, -0.05) is 32.0 Å². The van der Waals surface area contributed by atoms with E-state index in [9.17, 15) is 9.90 Å². The molecule has 0 spiro atoms. The number of aryl methyl sites for hydroxylation is 1. The molecule has 104 valence electrons. The number of hydrogen-bond acceptors (Lipinski definition) is 2. The molecule has 0 saturated carbocycles. The monoisotopic (exact) mass is 270 g/mol. The van der Waals surface area contributed by atoms with Gasteiger partial charge in [0.05, 0.1) is 0 Å². The van der Waals surface area contributed by atoms with Crippen LogP contribution in [0.5, 0.6) is 5.75 Å². The fraction of sp³-hybridized carbons (Fsp3) is 0.235. The lowest BCUT2D eigenvalue weighted by atomic mass is 9.91. The number of rotatable bonds is 4. The molecule has 0 saturated heterocycles. The highest BCUT2D eigenvalue weighted by atomic mass is 16.4. The molecule has 2 aromatic rings. The highest BCUT2D eigenvalue weighted by molar-refractivity contribution is 5.95. The van der Waals surface area contributed by atoms with Crippen LogP contribution in [-0.4, -0.2) is 16.2 Å². The van der Waals surface area contributed by atoms with Crippen LogP contribution in [0.1, 0.15) is 31.4 Å². The van der Waals surface area contributed by atoms with E-state index in [0.717, 1.165) is 33.9 Å². The third-order valence-corrected chi connectivity index (χ3v) is 3.49. The summed E-state index contributed by atoms with van der Waals surface area (Å²) in [5, 5.41) is 20.6. The zero-order valence-corrected chi connectivity index (χ0v) is 11.7. The van der Waals surface area contributed by atoms with Crippen molar-refractivity contribution in [3.63, 3.8) is 0 Å². The summed E-state index contributed by atoms with van der Waals surface area (Å²) in [6, 6.07) is 9.15. The van der Waals surface area contributed by atoms with Gasteiger partial charge in [0, 0.05) is 6.08 Å². The van der Waals surface area contributed by atoms with E-state index in [4.69, 9.17) is 5.11 Å². The smallest absolute Gasteiger partial charge is 0.328 e. The van der Waals surface area contributed by atoms with Gasteiger partial charge in [0.15, 0.2) is 0 Å². The van der Waals surface area contributed by atoms with E-state index >= 15 is 0 Å². The molecule has 0 radical (unpaired) electrons. The van der Waals surface area contributed by atoms with Crippen LogP contribution in [0.3, 0.4) is 0 Å². The summed E-state index contributed by atoms with van der Waals surface area (Å²) < 4.78 is 0. The number of allylic oxidation sites excluding steroid dienone is 1. The molecule has 0 aromatic heterocycles. The topological polar surface area (TPSA) is 57.5 Å². The minimum absolute atomic E-state index is 0.240. The number of aromatic hydroxyl groups is 1. The summed E-state index contributed by atoms with van der Waals surface area (Å²) >= 11 is 0. The first-order valence-corrected chi connectivity index (χ1v) is 6.75. The second-order valence-corrected chi connectivity index (χ2v) is 4.71. The second-order valence-electron chi connectivity index (χ2n) is 4.71. The number of hydrogen-bond donors (Lipinski definition) is 2. The van der Waals surface area contributed by atoms with Crippen molar-refractivity contribution in [2.75, 3.05) is 0 Å². The normalized spacial score (nSPS) is 11.8. The third-order valence-electron chi connectivity index (χ3n) is 3.49. The maximum atomic E-state index is 10.9. The van der Waals surface area contributed by atoms with Gasteiger partial charge in [0.25, 0.3) is 0 Å². The fourth-order valence-corrected chi connectivity index (χ4v) is 2.58. The van der Waals surface area contributed by atoms with Crippen LogP contribution in [0.25, 0.3) is 16.3 Å². The van der Waals surface area contributed by atoms with Gasteiger partial charge in [-0.05, 0) is 52.4 Å². The molecular formula is C17H18O3. The van der Waals surface area contributed by atoms with E-state index < -0.39 is 5.97 Å². The Morgan fingerprint density at radius 2 is 1.95 bits per heavy atom. The van der Waals surface area contributed by atoms with E-state index in [1.54, 1.807) is 12.1 Å². The minimum Gasteiger partial charge on any atom is -0.508 e. The Morgan fingerprint density at radius 3 is 2.55 bits per heavy atom. The molecule has 0 amide bonds. The predicted molar refractivity (Wildman–Crippen MR) is 80.9 cm³/mol. The second kappa shape index (κ2) is 5.78. The Kier molecular flexibility index (Phi) is 4.08. The molecule has 3 heteroatoms. The van der Waals surface area contributed by atoms with Gasteiger partial charge in [-0.25, -0.2) is 4.79 Å². The molecule has 3 nitrogen and oxygen atoms in total. The van der Waals surface area contributed by atoms with Crippen molar-refractivity contribution in [2.45, 2.75) is 26.7 Å². The highest BCUT2D eigenvalue weighted by Gasteiger charge is 2.10. The number of fused-ring (bicyclic) bond motifs is 1. The molecule has 20 heavy (non-hydrogen) atoms. The quantitative estimate of drug-likeness (QED) is 0.826. The third kappa shape index (κ3) is 2.67. The Morgan fingerprint density at radius 1 is 1.20 bits per heavy atom. The standard InChI is InChI=1S/C17H18O3/c1-3-11(10-17(19)20)15-7-5-12-9-13(18)6-8-16(12)14(15)4-2/h5-10,18H,3-4H2,1-2H3,(H,19,20)/b11-10+. The van der Waals surface area contributed by atoms with Crippen LogP contribution in [-0.2, 0) is 11.2 Å². The van der Waals surface area contributed by atoms with Crippen LogP contribution in [0, 0.1) is 0 Å². The number of carbonyl (C=O) groups is 1. The summed E-state index contributed by atoms with van der Waals surface area (Å²) in [5.74, 6) is -0.682. The molecule has 0 unspecified atom stereocenters. The number of carboxylic acid groups (broad SMARTS) is 1. The maximum absolute atomic E-state index is 10.9. The molecule has 0 aliphatic heterocycles. The SMILES string of the molecule is CC/C(=C\C(=O)O)c1ccc2cc(O)ccc2c1CC. The van der Waals surface area contributed by atoms with Gasteiger partial charge in [-0.15, -0.1) is 0 Å². The Labute approximate surface area is 118 Å². The minimum atomic E-state index is -0.922. The molecule has 2 N–H and O–H groups in total. The highest BCUT2D eigenvalue weighted by Crippen LogP contribution is 2.31. The molecule has 2 aromatic carbocycles. The molecule has 2 rings (SSSR count). The fourth-order valence-electron chi connectivity index (χ4n) is 2.58. The van der Waals surface area contributed by atoms with Crippen LogP contribution in [0.4, 0.5) is 0 Å². The van der Waals surface area contributed by atoms with Crippen molar-refractivity contribution in [3.8, 4) is 5.75 Å². The average Bonchev–Trinajstić information content (AvgIpc) is 2.43. The molecule has 0 bridgehead atoms. The average molecular weight is 270 g/mol. The molecule has 0 aliphatic carbocycles. The van der Waals surface area contributed by atoms with Crippen molar-refractivity contribution < 1.29 is 15.0 Å². The van der Waals surface area contributed by atoms with Crippen LogP contribution in [0.2, 0.25) is 0 Å². The van der Waals surface area contributed by atoms with E-state index in [1.165, 1.54) is 6.08 Å². The van der Waals surface area contributed by atoms with Crippen molar-refractivity contribution in [3.05, 3.63) is 47.5 Å².